The maximum atomic E-state index is 12.3. The molecule has 1 N–H and O–H groups in total. The average molecular weight is 310 g/mol. The number of methoxy groups -OCH3 is 1. The van der Waals surface area contributed by atoms with Crippen molar-refractivity contribution >= 4 is 11.6 Å². The van der Waals surface area contributed by atoms with E-state index < -0.39 is 6.10 Å². The number of anilines is 1. The molecule has 1 atom stereocenters. The van der Waals surface area contributed by atoms with Crippen molar-refractivity contribution in [2.24, 2.45) is 0 Å². The van der Waals surface area contributed by atoms with Crippen molar-refractivity contribution in [3.05, 3.63) is 53.6 Å². The van der Waals surface area contributed by atoms with Crippen LogP contribution in [0.15, 0.2) is 42.5 Å². The fraction of sp³-hybridized carbons (Fsp3) is 0.222. The van der Waals surface area contributed by atoms with Gasteiger partial charge in [-0.15, -0.1) is 0 Å². The molecule has 0 heterocycles. The number of rotatable bonds is 5. The summed E-state index contributed by atoms with van der Waals surface area (Å²) < 4.78 is 10.8. The maximum absolute atomic E-state index is 12.3. The van der Waals surface area contributed by atoms with Gasteiger partial charge in [0.2, 0.25) is 0 Å². The third kappa shape index (κ3) is 4.01. The number of benzene rings is 2. The third-order valence-electron chi connectivity index (χ3n) is 3.29. The van der Waals surface area contributed by atoms with Crippen molar-refractivity contribution in [3.63, 3.8) is 0 Å². The van der Waals surface area contributed by atoms with Gasteiger partial charge >= 0.3 is 0 Å². The van der Waals surface area contributed by atoms with Gasteiger partial charge in [-0.1, -0.05) is 18.2 Å². The summed E-state index contributed by atoms with van der Waals surface area (Å²) >= 11 is 0. The molecule has 0 radical (unpaired) electrons. The fourth-order valence-electron chi connectivity index (χ4n) is 2.06. The average Bonchev–Trinajstić information content (AvgIpc) is 2.55. The van der Waals surface area contributed by atoms with Crippen molar-refractivity contribution in [1.29, 1.82) is 5.26 Å². The Morgan fingerprint density at radius 3 is 2.65 bits per heavy atom. The molecule has 0 spiro atoms. The Morgan fingerprint density at radius 2 is 1.96 bits per heavy atom. The molecule has 0 aliphatic heterocycles. The van der Waals surface area contributed by atoms with E-state index in [0.717, 1.165) is 5.56 Å². The van der Waals surface area contributed by atoms with Gasteiger partial charge in [-0.05, 0) is 43.7 Å². The van der Waals surface area contributed by atoms with Crippen LogP contribution in [0.4, 0.5) is 5.69 Å². The SMILES string of the molecule is COc1ccc(C)cc1NC(=O)[C@H](C)Oc1ccccc1C#N. The van der Waals surface area contributed by atoms with Gasteiger partial charge in [0.25, 0.3) is 5.91 Å². The smallest absolute Gasteiger partial charge is 0.265 e. The van der Waals surface area contributed by atoms with Crippen LogP contribution in [-0.4, -0.2) is 19.1 Å². The van der Waals surface area contributed by atoms with Crippen molar-refractivity contribution in [2.45, 2.75) is 20.0 Å². The number of amides is 1. The molecule has 23 heavy (non-hydrogen) atoms. The molecule has 0 aliphatic rings. The van der Waals surface area contributed by atoms with Crippen molar-refractivity contribution < 1.29 is 14.3 Å². The van der Waals surface area contributed by atoms with Crippen LogP contribution in [0.2, 0.25) is 0 Å². The first-order valence-corrected chi connectivity index (χ1v) is 7.16. The summed E-state index contributed by atoms with van der Waals surface area (Å²) in [6, 6.07) is 14.4. The molecule has 0 aliphatic carbocycles. The van der Waals surface area contributed by atoms with Gasteiger partial charge in [0.05, 0.1) is 18.4 Å². The summed E-state index contributed by atoms with van der Waals surface area (Å²) in [6.07, 6.45) is -0.755. The van der Waals surface area contributed by atoms with Gasteiger partial charge in [0.15, 0.2) is 6.10 Å². The number of para-hydroxylation sites is 1. The van der Waals surface area contributed by atoms with E-state index in [2.05, 4.69) is 5.32 Å². The molecule has 2 rings (SSSR count). The number of ether oxygens (including phenoxy) is 2. The van der Waals surface area contributed by atoms with E-state index in [4.69, 9.17) is 14.7 Å². The predicted molar refractivity (Wildman–Crippen MR) is 87.6 cm³/mol. The van der Waals surface area contributed by atoms with E-state index in [9.17, 15) is 4.79 Å². The van der Waals surface area contributed by atoms with E-state index in [1.807, 2.05) is 25.1 Å². The fourth-order valence-corrected chi connectivity index (χ4v) is 2.06. The van der Waals surface area contributed by atoms with Gasteiger partial charge < -0.3 is 14.8 Å². The molecule has 118 valence electrons. The van der Waals surface area contributed by atoms with E-state index in [0.29, 0.717) is 22.7 Å². The Kier molecular flexibility index (Phi) is 5.21. The monoisotopic (exact) mass is 310 g/mol. The minimum Gasteiger partial charge on any atom is -0.495 e. The summed E-state index contributed by atoms with van der Waals surface area (Å²) in [6.45, 7) is 3.56. The Morgan fingerprint density at radius 1 is 1.22 bits per heavy atom. The van der Waals surface area contributed by atoms with Gasteiger partial charge in [0.1, 0.15) is 17.6 Å². The van der Waals surface area contributed by atoms with Crippen molar-refractivity contribution in [2.75, 3.05) is 12.4 Å². The highest BCUT2D eigenvalue weighted by Gasteiger charge is 2.18. The number of nitrogens with one attached hydrogen (secondary N) is 1. The molecule has 2 aromatic carbocycles. The molecule has 0 aromatic heterocycles. The van der Waals surface area contributed by atoms with E-state index in [1.165, 1.54) is 0 Å². The lowest BCUT2D eigenvalue weighted by atomic mass is 10.2. The molecular weight excluding hydrogens is 292 g/mol. The Hall–Kier alpha value is -3.00. The topological polar surface area (TPSA) is 71.3 Å². The van der Waals surface area contributed by atoms with E-state index >= 15 is 0 Å². The first kappa shape index (κ1) is 16.4. The number of hydrogen-bond acceptors (Lipinski definition) is 4. The molecule has 0 fully saturated rings. The lowest BCUT2D eigenvalue weighted by molar-refractivity contribution is -0.122. The summed E-state index contributed by atoms with van der Waals surface area (Å²) in [5.41, 5.74) is 1.98. The molecule has 1 amide bonds. The number of nitriles is 1. The summed E-state index contributed by atoms with van der Waals surface area (Å²) in [4.78, 5) is 12.3. The highest BCUT2D eigenvalue weighted by Crippen LogP contribution is 2.26. The van der Waals surface area contributed by atoms with Crippen LogP contribution in [0.5, 0.6) is 11.5 Å². The highest BCUT2D eigenvalue weighted by molar-refractivity contribution is 5.95. The second-order valence-electron chi connectivity index (χ2n) is 5.06. The largest absolute Gasteiger partial charge is 0.495 e. The first-order chi connectivity index (χ1) is 11.0. The minimum absolute atomic E-state index is 0.318. The number of carbonyl (C=O) groups is 1. The third-order valence-corrected chi connectivity index (χ3v) is 3.29. The first-order valence-electron chi connectivity index (χ1n) is 7.16. The minimum atomic E-state index is -0.755. The lowest BCUT2D eigenvalue weighted by Crippen LogP contribution is -2.30. The van der Waals surface area contributed by atoms with Gasteiger partial charge in [0, 0.05) is 0 Å². The molecule has 0 saturated carbocycles. The summed E-state index contributed by atoms with van der Waals surface area (Å²) in [7, 11) is 1.55. The molecule has 5 heteroatoms. The quantitative estimate of drug-likeness (QED) is 0.920. The molecule has 0 bridgehead atoms. The normalized spacial score (nSPS) is 11.2. The van der Waals surface area contributed by atoms with Crippen LogP contribution < -0.4 is 14.8 Å². The molecule has 0 saturated heterocycles. The van der Waals surface area contributed by atoms with Crippen LogP contribution in [0, 0.1) is 18.3 Å². The Bertz CT molecular complexity index is 750. The van der Waals surface area contributed by atoms with Crippen LogP contribution in [-0.2, 0) is 4.79 Å². The van der Waals surface area contributed by atoms with E-state index in [-0.39, 0.29) is 5.91 Å². The zero-order chi connectivity index (χ0) is 16.8. The number of hydrogen-bond donors (Lipinski definition) is 1. The van der Waals surface area contributed by atoms with Gasteiger partial charge in [-0.25, -0.2) is 0 Å². The van der Waals surface area contributed by atoms with Crippen LogP contribution in [0.1, 0.15) is 18.1 Å². The zero-order valence-corrected chi connectivity index (χ0v) is 13.3. The Balaban J connectivity index is 2.12. The summed E-state index contributed by atoms with van der Waals surface area (Å²) in [5, 5.41) is 11.8. The van der Waals surface area contributed by atoms with Crippen molar-refractivity contribution in [3.8, 4) is 17.6 Å². The molecular formula is C18H18N2O3. The van der Waals surface area contributed by atoms with Gasteiger partial charge in [-0.2, -0.15) is 5.26 Å². The lowest BCUT2D eigenvalue weighted by Gasteiger charge is -2.17. The standard InChI is InChI=1S/C18H18N2O3/c1-12-8-9-17(22-3)15(10-12)20-18(21)13(2)23-16-7-5-4-6-14(16)11-19/h4-10,13H,1-3H3,(H,20,21)/t13-/m0/s1. The second kappa shape index (κ2) is 7.32. The van der Waals surface area contributed by atoms with Crippen LogP contribution in [0.3, 0.4) is 0 Å². The zero-order valence-electron chi connectivity index (χ0n) is 13.3. The van der Waals surface area contributed by atoms with E-state index in [1.54, 1.807) is 44.4 Å². The van der Waals surface area contributed by atoms with Crippen LogP contribution >= 0.6 is 0 Å². The predicted octanol–water partition coefficient (Wildman–Crippen LogP) is 3.28. The highest BCUT2D eigenvalue weighted by atomic mass is 16.5. The molecule has 2 aromatic rings. The number of nitrogens with zero attached hydrogens (tertiary/aromatic N) is 1. The maximum Gasteiger partial charge on any atom is 0.265 e. The molecule has 0 unspecified atom stereocenters. The Labute approximate surface area is 135 Å². The van der Waals surface area contributed by atoms with Crippen molar-refractivity contribution in [1.82, 2.24) is 0 Å². The number of carbonyl (C=O) groups excluding carboxylic acids is 1. The molecule has 5 nitrogen and oxygen atoms in total. The summed E-state index contributed by atoms with van der Waals surface area (Å²) in [5.74, 6) is 0.643. The number of aryl methyl sites for hydroxylation is 1. The van der Waals surface area contributed by atoms with Crippen LogP contribution in [0.25, 0.3) is 0 Å². The van der Waals surface area contributed by atoms with Gasteiger partial charge in [-0.3, -0.25) is 4.79 Å². The second-order valence-corrected chi connectivity index (χ2v) is 5.06.